The first-order valence-corrected chi connectivity index (χ1v) is 7.30. The Kier molecular flexibility index (Phi) is 9.53. The lowest BCUT2D eigenvalue weighted by Crippen LogP contribution is -2.18. The Morgan fingerprint density at radius 3 is 2.09 bits per heavy atom. The van der Waals surface area contributed by atoms with E-state index in [2.05, 4.69) is 9.47 Å². The highest BCUT2D eigenvalue weighted by atomic mass is 16.6. The minimum atomic E-state index is -0.668. The van der Waals surface area contributed by atoms with Gasteiger partial charge in [0.25, 0.3) is 0 Å². The van der Waals surface area contributed by atoms with Gasteiger partial charge in [0.15, 0.2) is 0 Å². The Morgan fingerprint density at radius 1 is 0.913 bits per heavy atom. The molecule has 0 N–H and O–H groups in total. The maximum Gasteiger partial charge on any atom is 0.331 e. The van der Waals surface area contributed by atoms with Crippen LogP contribution in [-0.2, 0) is 33.4 Å². The SMILES string of the molecule is COC(=O)/C=C/C(=O)OCCCCC(=O)OC(=O)CC(C)(C)C. The van der Waals surface area contributed by atoms with Gasteiger partial charge in [-0.25, -0.2) is 9.59 Å². The van der Waals surface area contributed by atoms with Crippen LogP contribution in [0.2, 0.25) is 0 Å². The highest BCUT2D eigenvalue weighted by molar-refractivity contribution is 5.91. The number of esters is 4. The van der Waals surface area contributed by atoms with E-state index in [9.17, 15) is 19.2 Å². The minimum absolute atomic E-state index is 0.0748. The molecule has 7 nitrogen and oxygen atoms in total. The lowest BCUT2D eigenvalue weighted by Gasteiger charge is -2.15. The largest absolute Gasteiger partial charge is 0.466 e. The van der Waals surface area contributed by atoms with Gasteiger partial charge in [0.1, 0.15) is 0 Å². The Hall–Kier alpha value is -2.18. The van der Waals surface area contributed by atoms with E-state index in [0.29, 0.717) is 12.8 Å². The fourth-order valence-corrected chi connectivity index (χ4v) is 1.44. The first-order chi connectivity index (χ1) is 10.6. The van der Waals surface area contributed by atoms with Crippen LogP contribution < -0.4 is 0 Å². The van der Waals surface area contributed by atoms with Gasteiger partial charge in [-0.2, -0.15) is 0 Å². The molecule has 0 saturated carbocycles. The van der Waals surface area contributed by atoms with Crippen LogP contribution in [0.5, 0.6) is 0 Å². The minimum Gasteiger partial charge on any atom is -0.466 e. The number of methoxy groups -OCH3 is 1. The number of hydrogen-bond donors (Lipinski definition) is 0. The molecule has 0 spiro atoms. The third kappa shape index (κ3) is 13.2. The Bertz CT molecular complexity index is 458. The molecule has 130 valence electrons. The summed E-state index contributed by atoms with van der Waals surface area (Å²) in [5.41, 5.74) is -0.233. The van der Waals surface area contributed by atoms with Crippen LogP contribution in [-0.4, -0.2) is 37.6 Å². The fraction of sp³-hybridized carbons (Fsp3) is 0.625. The molecule has 0 aliphatic heterocycles. The molecule has 0 aromatic carbocycles. The highest BCUT2D eigenvalue weighted by Gasteiger charge is 2.19. The zero-order chi connectivity index (χ0) is 17.9. The molecule has 0 amide bonds. The van der Waals surface area contributed by atoms with Gasteiger partial charge in [-0.3, -0.25) is 9.59 Å². The second-order valence-corrected chi connectivity index (χ2v) is 6.06. The van der Waals surface area contributed by atoms with E-state index in [-0.39, 0.29) is 24.9 Å². The van der Waals surface area contributed by atoms with E-state index in [1.165, 1.54) is 7.11 Å². The standard InChI is InChI=1S/C16H24O7/c1-16(2,3)11-15(20)23-14(19)7-5-6-10-22-13(18)9-8-12(17)21-4/h8-9H,5-7,10-11H2,1-4H3/b9-8+. The van der Waals surface area contributed by atoms with Crippen molar-refractivity contribution in [2.45, 2.75) is 46.5 Å². The van der Waals surface area contributed by atoms with E-state index in [4.69, 9.17) is 4.74 Å². The van der Waals surface area contributed by atoms with E-state index in [1.54, 1.807) is 0 Å². The molecule has 0 atom stereocenters. The van der Waals surface area contributed by atoms with Crippen molar-refractivity contribution in [3.8, 4) is 0 Å². The molecule has 23 heavy (non-hydrogen) atoms. The van der Waals surface area contributed by atoms with Gasteiger partial charge in [0, 0.05) is 18.6 Å². The van der Waals surface area contributed by atoms with Gasteiger partial charge in [0.05, 0.1) is 20.1 Å². The average Bonchev–Trinajstić information content (AvgIpc) is 2.41. The normalized spacial score (nSPS) is 11.1. The summed E-state index contributed by atoms with van der Waals surface area (Å²) in [6.45, 7) is 5.73. The maximum absolute atomic E-state index is 11.4. The molecule has 0 bridgehead atoms. The van der Waals surface area contributed by atoms with E-state index in [0.717, 1.165) is 12.2 Å². The number of rotatable bonds is 8. The molecule has 0 aliphatic rings. The Morgan fingerprint density at radius 2 is 1.52 bits per heavy atom. The predicted molar refractivity (Wildman–Crippen MR) is 81.1 cm³/mol. The lowest BCUT2D eigenvalue weighted by atomic mass is 9.92. The number of hydrogen-bond acceptors (Lipinski definition) is 7. The van der Waals surface area contributed by atoms with Crippen LogP contribution in [0.4, 0.5) is 0 Å². The Balaban J connectivity index is 3.78. The molecular formula is C16H24O7. The van der Waals surface area contributed by atoms with Gasteiger partial charge in [-0.1, -0.05) is 20.8 Å². The molecule has 7 heteroatoms. The second-order valence-electron chi connectivity index (χ2n) is 6.06. The molecule has 0 aromatic rings. The quantitative estimate of drug-likeness (QED) is 0.221. The molecular weight excluding hydrogens is 304 g/mol. The Labute approximate surface area is 136 Å². The summed E-state index contributed by atoms with van der Waals surface area (Å²) in [5, 5.41) is 0. The van der Waals surface area contributed by atoms with Crippen molar-refractivity contribution >= 4 is 23.9 Å². The van der Waals surface area contributed by atoms with E-state index < -0.39 is 23.9 Å². The van der Waals surface area contributed by atoms with Gasteiger partial charge in [0.2, 0.25) is 0 Å². The van der Waals surface area contributed by atoms with Crippen LogP contribution in [0.15, 0.2) is 12.2 Å². The molecule has 0 rings (SSSR count). The van der Waals surface area contributed by atoms with Crippen molar-refractivity contribution in [3.63, 3.8) is 0 Å². The van der Waals surface area contributed by atoms with E-state index >= 15 is 0 Å². The summed E-state index contributed by atoms with van der Waals surface area (Å²) in [5.74, 6) is -2.44. The summed E-state index contributed by atoms with van der Waals surface area (Å²) in [6.07, 6.45) is 3.04. The summed E-state index contributed by atoms with van der Waals surface area (Å²) in [4.78, 5) is 44.8. The van der Waals surface area contributed by atoms with Crippen molar-refractivity contribution in [2.24, 2.45) is 5.41 Å². The second kappa shape index (κ2) is 10.5. The van der Waals surface area contributed by atoms with Crippen LogP contribution in [0, 0.1) is 5.41 Å². The first kappa shape index (κ1) is 20.8. The number of ether oxygens (including phenoxy) is 3. The molecule has 0 unspecified atom stereocenters. The molecule has 0 saturated heterocycles. The average molecular weight is 328 g/mol. The van der Waals surface area contributed by atoms with Gasteiger partial charge in [-0.15, -0.1) is 0 Å². The van der Waals surface area contributed by atoms with Crippen LogP contribution >= 0.6 is 0 Å². The summed E-state index contributed by atoms with van der Waals surface area (Å²) in [7, 11) is 1.20. The topological polar surface area (TPSA) is 96.0 Å². The molecule has 0 fully saturated rings. The fourth-order valence-electron chi connectivity index (χ4n) is 1.44. The van der Waals surface area contributed by atoms with Gasteiger partial charge >= 0.3 is 23.9 Å². The van der Waals surface area contributed by atoms with Crippen molar-refractivity contribution in [1.29, 1.82) is 0 Å². The summed E-state index contributed by atoms with van der Waals surface area (Å²) < 4.78 is 13.8. The smallest absolute Gasteiger partial charge is 0.331 e. The third-order valence-electron chi connectivity index (χ3n) is 2.48. The first-order valence-electron chi connectivity index (χ1n) is 7.30. The highest BCUT2D eigenvalue weighted by Crippen LogP contribution is 2.19. The predicted octanol–water partition coefficient (Wildman–Crippen LogP) is 1.94. The molecule has 0 aromatic heterocycles. The molecule has 0 radical (unpaired) electrons. The zero-order valence-corrected chi connectivity index (χ0v) is 14.0. The summed E-state index contributed by atoms with van der Waals surface area (Å²) in [6, 6.07) is 0. The number of carbonyl (C=O) groups is 4. The number of carbonyl (C=O) groups excluding carboxylic acids is 4. The van der Waals surface area contributed by atoms with Crippen LogP contribution in [0.3, 0.4) is 0 Å². The van der Waals surface area contributed by atoms with E-state index in [1.807, 2.05) is 20.8 Å². The summed E-state index contributed by atoms with van der Waals surface area (Å²) >= 11 is 0. The zero-order valence-electron chi connectivity index (χ0n) is 14.0. The molecule has 0 heterocycles. The van der Waals surface area contributed by atoms with Crippen molar-refractivity contribution in [1.82, 2.24) is 0 Å². The maximum atomic E-state index is 11.4. The lowest BCUT2D eigenvalue weighted by molar-refractivity contribution is -0.161. The third-order valence-corrected chi connectivity index (χ3v) is 2.48. The van der Waals surface area contributed by atoms with Gasteiger partial charge in [-0.05, 0) is 18.3 Å². The van der Waals surface area contributed by atoms with Crippen molar-refractivity contribution in [2.75, 3.05) is 13.7 Å². The number of unbranched alkanes of at least 4 members (excludes halogenated alkanes) is 1. The van der Waals surface area contributed by atoms with Gasteiger partial charge < -0.3 is 14.2 Å². The van der Waals surface area contributed by atoms with Crippen LogP contribution in [0.25, 0.3) is 0 Å². The molecule has 0 aliphatic carbocycles. The van der Waals surface area contributed by atoms with Crippen LogP contribution in [0.1, 0.15) is 46.5 Å². The monoisotopic (exact) mass is 328 g/mol. The van der Waals surface area contributed by atoms with Crippen molar-refractivity contribution in [3.05, 3.63) is 12.2 Å². The van der Waals surface area contributed by atoms with Crippen molar-refractivity contribution < 1.29 is 33.4 Å².